The minimum Gasteiger partial charge on any atom is -0.353 e. The highest BCUT2D eigenvalue weighted by Gasteiger charge is 2.15. The molecule has 0 fully saturated rings. The number of rotatable bonds is 8. The van der Waals surface area contributed by atoms with Gasteiger partial charge in [-0.3, -0.25) is 4.79 Å². The molecule has 0 rings (SSSR count). The van der Waals surface area contributed by atoms with E-state index < -0.39 is 0 Å². The molecule has 0 aliphatic rings. The number of nitrogens with one attached hydrogen (secondary N) is 2. The van der Waals surface area contributed by atoms with Crippen molar-refractivity contribution in [1.29, 1.82) is 0 Å². The fourth-order valence-corrected chi connectivity index (χ4v) is 1.83. The molecule has 2 N–H and O–H groups in total. The molecule has 1 amide bonds. The van der Waals surface area contributed by atoms with Crippen LogP contribution in [0.15, 0.2) is 0 Å². The summed E-state index contributed by atoms with van der Waals surface area (Å²) in [4.78, 5) is 11.7. The Morgan fingerprint density at radius 1 is 1.00 bits per heavy atom. The summed E-state index contributed by atoms with van der Waals surface area (Å²) < 4.78 is 0. The van der Waals surface area contributed by atoms with Crippen LogP contribution in [0.4, 0.5) is 0 Å². The molecular formula is C14H30N2O. The van der Waals surface area contributed by atoms with E-state index in [2.05, 4.69) is 31.4 Å². The van der Waals surface area contributed by atoms with Crippen molar-refractivity contribution >= 4 is 5.91 Å². The first-order valence-electron chi connectivity index (χ1n) is 6.89. The number of hydrogen-bond acceptors (Lipinski definition) is 2. The average molecular weight is 242 g/mol. The van der Waals surface area contributed by atoms with Crippen molar-refractivity contribution in [3.8, 4) is 0 Å². The quantitative estimate of drug-likeness (QED) is 0.687. The van der Waals surface area contributed by atoms with E-state index in [0.29, 0.717) is 6.04 Å². The smallest absolute Gasteiger partial charge is 0.237 e. The fourth-order valence-electron chi connectivity index (χ4n) is 1.83. The molecule has 0 spiro atoms. The van der Waals surface area contributed by atoms with E-state index >= 15 is 0 Å². The Kier molecular flexibility index (Phi) is 8.23. The van der Waals surface area contributed by atoms with E-state index in [0.717, 1.165) is 12.3 Å². The normalized spacial score (nSPS) is 15.1. The Hall–Kier alpha value is -0.570. The minimum absolute atomic E-state index is 0.0932. The lowest BCUT2D eigenvalue weighted by Crippen LogP contribution is -2.47. The predicted molar refractivity (Wildman–Crippen MR) is 74.0 cm³/mol. The first-order chi connectivity index (χ1) is 7.82. The van der Waals surface area contributed by atoms with Gasteiger partial charge >= 0.3 is 0 Å². The van der Waals surface area contributed by atoms with Crippen LogP contribution in [0.25, 0.3) is 0 Å². The largest absolute Gasteiger partial charge is 0.353 e. The van der Waals surface area contributed by atoms with Crippen molar-refractivity contribution < 1.29 is 4.79 Å². The zero-order valence-electron chi connectivity index (χ0n) is 12.3. The van der Waals surface area contributed by atoms with Gasteiger partial charge in [0.1, 0.15) is 0 Å². The Morgan fingerprint density at radius 2 is 1.59 bits per heavy atom. The maximum Gasteiger partial charge on any atom is 0.237 e. The van der Waals surface area contributed by atoms with Crippen molar-refractivity contribution in [2.24, 2.45) is 5.92 Å². The molecule has 0 radical (unpaired) electrons. The summed E-state index contributed by atoms with van der Waals surface area (Å²) >= 11 is 0. The SMILES string of the molecule is CC(C)CCCC(C)NC(C)C(=O)NC(C)C. The molecule has 17 heavy (non-hydrogen) atoms. The van der Waals surface area contributed by atoms with Crippen molar-refractivity contribution in [3.63, 3.8) is 0 Å². The van der Waals surface area contributed by atoms with Crippen LogP contribution < -0.4 is 10.6 Å². The Balaban J connectivity index is 3.78. The summed E-state index contributed by atoms with van der Waals surface area (Å²) in [6, 6.07) is 0.510. The number of carbonyl (C=O) groups excluding carboxylic acids is 1. The van der Waals surface area contributed by atoms with Crippen LogP contribution in [0.3, 0.4) is 0 Å². The average Bonchev–Trinajstić information content (AvgIpc) is 2.15. The Labute approximate surface area is 107 Å². The van der Waals surface area contributed by atoms with Crippen LogP contribution in [0.1, 0.15) is 60.8 Å². The molecule has 0 aliphatic carbocycles. The van der Waals surface area contributed by atoms with Gasteiger partial charge in [-0.2, -0.15) is 0 Å². The lowest BCUT2D eigenvalue weighted by Gasteiger charge is -2.21. The van der Waals surface area contributed by atoms with Crippen LogP contribution in [-0.4, -0.2) is 24.0 Å². The third kappa shape index (κ3) is 9.16. The highest BCUT2D eigenvalue weighted by Crippen LogP contribution is 2.08. The van der Waals surface area contributed by atoms with Crippen molar-refractivity contribution in [2.75, 3.05) is 0 Å². The Bertz CT molecular complexity index is 214. The lowest BCUT2D eigenvalue weighted by atomic mass is 10.0. The summed E-state index contributed by atoms with van der Waals surface area (Å²) in [7, 11) is 0. The van der Waals surface area contributed by atoms with Crippen molar-refractivity contribution in [3.05, 3.63) is 0 Å². The van der Waals surface area contributed by atoms with Gasteiger partial charge in [-0.05, 0) is 40.0 Å². The molecule has 3 nitrogen and oxygen atoms in total. The topological polar surface area (TPSA) is 41.1 Å². The van der Waals surface area contributed by atoms with E-state index in [-0.39, 0.29) is 18.0 Å². The van der Waals surface area contributed by atoms with Gasteiger partial charge in [-0.25, -0.2) is 0 Å². The molecule has 0 aromatic rings. The maximum atomic E-state index is 11.7. The summed E-state index contributed by atoms with van der Waals surface area (Å²) in [5, 5.41) is 6.27. The second kappa shape index (κ2) is 8.51. The van der Waals surface area contributed by atoms with E-state index in [1.54, 1.807) is 0 Å². The van der Waals surface area contributed by atoms with Gasteiger partial charge in [0.15, 0.2) is 0 Å². The van der Waals surface area contributed by atoms with Gasteiger partial charge < -0.3 is 10.6 Å². The summed E-state index contributed by atoms with van der Waals surface area (Å²) in [5.41, 5.74) is 0. The van der Waals surface area contributed by atoms with Crippen LogP contribution in [-0.2, 0) is 4.79 Å². The lowest BCUT2D eigenvalue weighted by molar-refractivity contribution is -0.123. The standard InChI is InChI=1S/C14H30N2O/c1-10(2)8-7-9-12(5)16-13(6)14(17)15-11(3)4/h10-13,16H,7-9H2,1-6H3,(H,15,17). The highest BCUT2D eigenvalue weighted by atomic mass is 16.2. The summed E-state index contributed by atoms with van der Waals surface area (Å²) in [6.45, 7) is 12.5. The molecule has 3 heteroatoms. The van der Waals surface area contributed by atoms with Crippen LogP contribution in [0.5, 0.6) is 0 Å². The van der Waals surface area contributed by atoms with Gasteiger partial charge in [0.2, 0.25) is 5.91 Å². The molecule has 0 aliphatic heterocycles. The molecule has 2 atom stereocenters. The van der Waals surface area contributed by atoms with Gasteiger partial charge in [-0.15, -0.1) is 0 Å². The predicted octanol–water partition coefficient (Wildman–Crippen LogP) is 2.70. The van der Waals surface area contributed by atoms with Crippen LogP contribution >= 0.6 is 0 Å². The summed E-state index contributed by atoms with van der Waals surface area (Å²) in [6.07, 6.45) is 3.63. The number of hydrogen-bond donors (Lipinski definition) is 2. The third-order valence-corrected chi connectivity index (χ3v) is 2.78. The van der Waals surface area contributed by atoms with Crippen molar-refractivity contribution in [2.45, 2.75) is 78.9 Å². The van der Waals surface area contributed by atoms with Gasteiger partial charge in [0.05, 0.1) is 6.04 Å². The van der Waals surface area contributed by atoms with Crippen LogP contribution in [0, 0.1) is 5.92 Å². The third-order valence-electron chi connectivity index (χ3n) is 2.78. The molecule has 102 valence electrons. The molecule has 2 unspecified atom stereocenters. The molecular weight excluding hydrogens is 212 g/mol. The van der Waals surface area contributed by atoms with E-state index in [1.165, 1.54) is 12.8 Å². The Morgan fingerprint density at radius 3 is 2.06 bits per heavy atom. The first-order valence-corrected chi connectivity index (χ1v) is 6.89. The highest BCUT2D eigenvalue weighted by molar-refractivity contribution is 5.81. The van der Waals surface area contributed by atoms with E-state index in [1.807, 2.05) is 20.8 Å². The molecule has 0 aromatic heterocycles. The van der Waals surface area contributed by atoms with Gasteiger partial charge in [-0.1, -0.05) is 26.7 Å². The second-order valence-electron chi connectivity index (χ2n) is 5.78. The zero-order valence-corrected chi connectivity index (χ0v) is 12.3. The van der Waals surface area contributed by atoms with Crippen molar-refractivity contribution in [1.82, 2.24) is 10.6 Å². The zero-order chi connectivity index (χ0) is 13.4. The molecule has 0 saturated carbocycles. The summed E-state index contributed by atoms with van der Waals surface area (Å²) in [5.74, 6) is 0.861. The monoisotopic (exact) mass is 242 g/mol. The van der Waals surface area contributed by atoms with E-state index in [9.17, 15) is 4.79 Å². The number of carbonyl (C=O) groups is 1. The maximum absolute atomic E-state index is 11.7. The number of amides is 1. The van der Waals surface area contributed by atoms with Crippen LogP contribution in [0.2, 0.25) is 0 Å². The first kappa shape index (κ1) is 16.4. The van der Waals surface area contributed by atoms with Gasteiger partial charge in [0, 0.05) is 12.1 Å². The minimum atomic E-state index is -0.105. The molecule has 0 aromatic carbocycles. The van der Waals surface area contributed by atoms with Gasteiger partial charge in [0.25, 0.3) is 0 Å². The fraction of sp³-hybridized carbons (Fsp3) is 0.929. The second-order valence-corrected chi connectivity index (χ2v) is 5.78. The molecule has 0 heterocycles. The van der Waals surface area contributed by atoms with E-state index in [4.69, 9.17) is 0 Å². The molecule has 0 bridgehead atoms. The molecule has 0 saturated heterocycles.